The summed E-state index contributed by atoms with van der Waals surface area (Å²) < 4.78 is 5.16. The number of primary amides is 1. The summed E-state index contributed by atoms with van der Waals surface area (Å²) in [5, 5.41) is 0. The number of hydrogen-bond donors (Lipinski definition) is 1. The van der Waals surface area contributed by atoms with Crippen LogP contribution in [0.1, 0.15) is 24.2 Å². The van der Waals surface area contributed by atoms with Crippen LogP contribution in [0.5, 0.6) is 5.75 Å². The van der Waals surface area contributed by atoms with Crippen LogP contribution in [0.3, 0.4) is 0 Å². The number of hydrogen-bond acceptors (Lipinski definition) is 4. The Morgan fingerprint density at radius 3 is 2.42 bits per heavy atom. The predicted octanol–water partition coefficient (Wildman–Crippen LogP) is 1.07. The standard InChI is InChI=1S/C14H20N2O3/c1-10(2)16(9-14(15)18)8-12(17)11-6-4-5-7-13(11)19-3/h4-7,10H,8-9H2,1-3H3,(H2,15,18). The Balaban J connectivity index is 2.84. The SMILES string of the molecule is COc1ccccc1C(=O)CN(CC(N)=O)C(C)C. The molecule has 0 saturated heterocycles. The zero-order chi connectivity index (χ0) is 14.4. The largest absolute Gasteiger partial charge is 0.496 e. The van der Waals surface area contributed by atoms with Crippen molar-refractivity contribution in [1.82, 2.24) is 4.90 Å². The molecule has 2 N–H and O–H groups in total. The topological polar surface area (TPSA) is 72.6 Å². The lowest BCUT2D eigenvalue weighted by molar-refractivity contribution is -0.119. The number of methoxy groups -OCH3 is 1. The first kappa shape index (κ1) is 15.2. The first-order valence-corrected chi connectivity index (χ1v) is 6.14. The minimum atomic E-state index is -0.443. The number of nitrogens with zero attached hydrogens (tertiary/aromatic N) is 1. The van der Waals surface area contributed by atoms with Crippen LogP contribution in [0.15, 0.2) is 24.3 Å². The van der Waals surface area contributed by atoms with Gasteiger partial charge in [-0.05, 0) is 26.0 Å². The van der Waals surface area contributed by atoms with E-state index in [9.17, 15) is 9.59 Å². The quantitative estimate of drug-likeness (QED) is 0.748. The van der Waals surface area contributed by atoms with Crippen molar-refractivity contribution in [3.63, 3.8) is 0 Å². The molecule has 5 heteroatoms. The molecule has 0 radical (unpaired) electrons. The zero-order valence-electron chi connectivity index (χ0n) is 11.6. The van der Waals surface area contributed by atoms with Crippen molar-refractivity contribution in [3.8, 4) is 5.75 Å². The van der Waals surface area contributed by atoms with Crippen LogP contribution >= 0.6 is 0 Å². The van der Waals surface area contributed by atoms with Gasteiger partial charge in [0, 0.05) is 6.04 Å². The van der Waals surface area contributed by atoms with Gasteiger partial charge < -0.3 is 10.5 Å². The molecule has 0 spiro atoms. The number of carbonyl (C=O) groups is 2. The first-order chi connectivity index (χ1) is 8.95. The Morgan fingerprint density at radius 2 is 1.89 bits per heavy atom. The second-order valence-corrected chi connectivity index (χ2v) is 4.59. The zero-order valence-corrected chi connectivity index (χ0v) is 11.6. The van der Waals surface area contributed by atoms with Gasteiger partial charge in [0.15, 0.2) is 5.78 Å². The maximum atomic E-state index is 12.2. The van der Waals surface area contributed by atoms with Gasteiger partial charge >= 0.3 is 0 Å². The summed E-state index contributed by atoms with van der Waals surface area (Å²) in [6, 6.07) is 7.10. The average Bonchev–Trinajstić information content (AvgIpc) is 2.37. The number of Topliss-reactive ketones (excluding diaryl/α,β-unsaturated/α-hetero) is 1. The van der Waals surface area contributed by atoms with Crippen LogP contribution in [0.25, 0.3) is 0 Å². The number of ether oxygens (including phenoxy) is 1. The van der Waals surface area contributed by atoms with Gasteiger partial charge in [-0.25, -0.2) is 0 Å². The number of carbonyl (C=O) groups excluding carboxylic acids is 2. The third kappa shape index (κ3) is 4.37. The number of rotatable bonds is 7. The first-order valence-electron chi connectivity index (χ1n) is 6.14. The van der Waals surface area contributed by atoms with Crippen LogP contribution < -0.4 is 10.5 Å². The summed E-state index contributed by atoms with van der Waals surface area (Å²) in [4.78, 5) is 25.0. The lowest BCUT2D eigenvalue weighted by Crippen LogP contribution is -2.41. The van der Waals surface area contributed by atoms with Crippen LogP contribution in [0.2, 0.25) is 0 Å². The molecule has 1 amide bonds. The second-order valence-electron chi connectivity index (χ2n) is 4.59. The van der Waals surface area contributed by atoms with Gasteiger partial charge in [-0.2, -0.15) is 0 Å². The van der Waals surface area contributed by atoms with Crippen LogP contribution in [-0.2, 0) is 4.79 Å². The maximum absolute atomic E-state index is 12.2. The molecule has 19 heavy (non-hydrogen) atoms. The molecule has 1 aromatic carbocycles. The van der Waals surface area contributed by atoms with E-state index in [0.717, 1.165) is 0 Å². The van der Waals surface area contributed by atoms with Crippen LogP contribution in [-0.4, -0.2) is 42.8 Å². The van der Waals surface area contributed by atoms with Crippen molar-refractivity contribution >= 4 is 11.7 Å². The van der Waals surface area contributed by atoms with Crippen molar-refractivity contribution in [3.05, 3.63) is 29.8 Å². The van der Waals surface area contributed by atoms with Crippen LogP contribution in [0, 0.1) is 0 Å². The normalized spacial score (nSPS) is 10.8. The van der Waals surface area contributed by atoms with Gasteiger partial charge in [-0.15, -0.1) is 0 Å². The monoisotopic (exact) mass is 264 g/mol. The highest BCUT2D eigenvalue weighted by Crippen LogP contribution is 2.18. The molecular formula is C14H20N2O3. The van der Waals surface area contributed by atoms with E-state index in [1.807, 2.05) is 13.8 Å². The smallest absolute Gasteiger partial charge is 0.231 e. The third-order valence-corrected chi connectivity index (χ3v) is 2.84. The van der Waals surface area contributed by atoms with Crippen LogP contribution in [0.4, 0.5) is 0 Å². The third-order valence-electron chi connectivity index (χ3n) is 2.84. The number of nitrogens with two attached hydrogens (primary N) is 1. The number of amides is 1. The Bertz CT molecular complexity index is 458. The van der Waals surface area contributed by atoms with Crippen molar-refractivity contribution in [2.24, 2.45) is 5.73 Å². The molecule has 5 nitrogen and oxygen atoms in total. The molecule has 0 aliphatic carbocycles. The number of ketones is 1. The highest BCUT2D eigenvalue weighted by atomic mass is 16.5. The van der Waals surface area contributed by atoms with Gasteiger partial charge in [0.1, 0.15) is 5.75 Å². The fourth-order valence-electron chi connectivity index (χ4n) is 1.77. The van der Waals surface area contributed by atoms with E-state index < -0.39 is 5.91 Å². The average molecular weight is 264 g/mol. The molecule has 0 heterocycles. The van der Waals surface area contributed by atoms with E-state index in [2.05, 4.69) is 0 Å². The van der Waals surface area contributed by atoms with E-state index >= 15 is 0 Å². The van der Waals surface area contributed by atoms with Gasteiger partial charge in [-0.3, -0.25) is 14.5 Å². The minimum absolute atomic E-state index is 0.0613. The fourth-order valence-corrected chi connectivity index (χ4v) is 1.77. The summed E-state index contributed by atoms with van der Waals surface area (Å²) in [7, 11) is 1.52. The summed E-state index contributed by atoms with van der Waals surface area (Å²) in [6.45, 7) is 4.04. The minimum Gasteiger partial charge on any atom is -0.496 e. The summed E-state index contributed by atoms with van der Waals surface area (Å²) in [6.07, 6.45) is 0. The van der Waals surface area contributed by atoms with E-state index in [0.29, 0.717) is 11.3 Å². The molecule has 1 aromatic rings. The predicted molar refractivity (Wildman–Crippen MR) is 73.2 cm³/mol. The van der Waals surface area contributed by atoms with E-state index in [4.69, 9.17) is 10.5 Å². The molecular weight excluding hydrogens is 244 g/mol. The summed E-state index contributed by atoms with van der Waals surface area (Å²) in [5.74, 6) is 0.00390. The molecule has 0 atom stereocenters. The Labute approximate surface area is 113 Å². The van der Waals surface area contributed by atoms with Gasteiger partial charge in [0.05, 0.1) is 25.8 Å². The van der Waals surface area contributed by atoms with Gasteiger partial charge in [0.2, 0.25) is 5.91 Å². The van der Waals surface area contributed by atoms with Gasteiger partial charge in [-0.1, -0.05) is 12.1 Å². The second kappa shape index (κ2) is 6.89. The molecule has 0 saturated carbocycles. The Morgan fingerprint density at radius 1 is 1.26 bits per heavy atom. The van der Waals surface area contributed by atoms with Gasteiger partial charge in [0.25, 0.3) is 0 Å². The molecule has 0 aliphatic heterocycles. The fraction of sp³-hybridized carbons (Fsp3) is 0.429. The van der Waals surface area contributed by atoms with Crippen molar-refractivity contribution in [1.29, 1.82) is 0 Å². The van der Waals surface area contributed by atoms with E-state index in [1.54, 1.807) is 29.2 Å². The van der Waals surface area contributed by atoms with Crippen molar-refractivity contribution in [2.45, 2.75) is 19.9 Å². The molecule has 0 aromatic heterocycles. The number of benzene rings is 1. The Hall–Kier alpha value is -1.88. The summed E-state index contributed by atoms with van der Waals surface area (Å²) in [5.41, 5.74) is 5.70. The van der Waals surface area contributed by atoms with E-state index in [-0.39, 0.29) is 24.9 Å². The lowest BCUT2D eigenvalue weighted by atomic mass is 10.1. The maximum Gasteiger partial charge on any atom is 0.231 e. The Kier molecular flexibility index (Phi) is 5.51. The highest BCUT2D eigenvalue weighted by Gasteiger charge is 2.19. The van der Waals surface area contributed by atoms with E-state index in [1.165, 1.54) is 7.11 Å². The van der Waals surface area contributed by atoms with Crippen molar-refractivity contribution in [2.75, 3.05) is 20.2 Å². The van der Waals surface area contributed by atoms with Crippen molar-refractivity contribution < 1.29 is 14.3 Å². The lowest BCUT2D eigenvalue weighted by Gasteiger charge is -2.24. The molecule has 1 rings (SSSR count). The molecule has 0 aliphatic rings. The summed E-state index contributed by atoms with van der Waals surface area (Å²) >= 11 is 0. The molecule has 0 bridgehead atoms. The molecule has 0 unspecified atom stereocenters. The number of para-hydroxylation sites is 1. The molecule has 0 fully saturated rings. The molecule has 104 valence electrons. The highest BCUT2D eigenvalue weighted by molar-refractivity contribution is 6.00.